The molecule has 6 aromatic rings. The minimum absolute atomic E-state index is 0.110. The minimum Gasteiger partial charge on any atom is -0.448 e. The van der Waals surface area contributed by atoms with Crippen LogP contribution in [0.3, 0.4) is 0 Å². The molecule has 0 spiro atoms. The zero-order valence-corrected chi connectivity index (χ0v) is 28.5. The number of pyridine rings is 1. The van der Waals surface area contributed by atoms with E-state index < -0.39 is 9.84 Å². The Morgan fingerprint density at radius 2 is 1.57 bits per heavy atom. The molecule has 4 aromatic carbocycles. The highest BCUT2D eigenvalue weighted by molar-refractivity contribution is 7.90. The molecule has 0 atom stereocenters. The van der Waals surface area contributed by atoms with Gasteiger partial charge in [-0.25, -0.2) is 18.2 Å². The second kappa shape index (κ2) is 13.8. The van der Waals surface area contributed by atoms with E-state index >= 15 is 0 Å². The molecule has 0 saturated carbocycles. The molecular formula is C39H39N5O4S. The van der Waals surface area contributed by atoms with E-state index in [0.717, 1.165) is 82.6 Å². The molecule has 1 fully saturated rings. The summed E-state index contributed by atoms with van der Waals surface area (Å²) in [5.41, 5.74) is 6.88. The molecule has 250 valence electrons. The van der Waals surface area contributed by atoms with Gasteiger partial charge < -0.3 is 14.6 Å². The van der Waals surface area contributed by atoms with Crippen LogP contribution < -0.4 is 4.90 Å². The zero-order chi connectivity index (χ0) is 34.0. The van der Waals surface area contributed by atoms with E-state index in [9.17, 15) is 13.2 Å². The molecule has 1 saturated heterocycles. The summed E-state index contributed by atoms with van der Waals surface area (Å²) in [4.78, 5) is 27.6. The second-order valence-corrected chi connectivity index (χ2v) is 14.6. The van der Waals surface area contributed by atoms with Crippen LogP contribution in [0.1, 0.15) is 5.56 Å². The number of ether oxygens (including phenoxy) is 1. The van der Waals surface area contributed by atoms with Crippen molar-refractivity contribution in [2.75, 3.05) is 58.3 Å². The fourth-order valence-corrected chi connectivity index (χ4v) is 7.80. The number of nitrogens with one attached hydrogen (secondary N) is 1. The van der Waals surface area contributed by atoms with Crippen LogP contribution in [-0.4, -0.2) is 87.7 Å². The van der Waals surface area contributed by atoms with Gasteiger partial charge in [-0.05, 0) is 60.1 Å². The summed E-state index contributed by atoms with van der Waals surface area (Å²) in [6.45, 7) is 5.08. The molecule has 10 heteroatoms. The number of sulfone groups is 1. The van der Waals surface area contributed by atoms with Crippen molar-refractivity contribution in [3.8, 4) is 22.3 Å². The van der Waals surface area contributed by atoms with Crippen LogP contribution in [0.5, 0.6) is 0 Å². The van der Waals surface area contributed by atoms with E-state index in [-0.39, 0.29) is 11.8 Å². The highest BCUT2D eigenvalue weighted by Gasteiger charge is 2.21. The zero-order valence-electron chi connectivity index (χ0n) is 27.7. The van der Waals surface area contributed by atoms with Crippen molar-refractivity contribution in [1.29, 1.82) is 0 Å². The fraction of sp³-hybridized carbons (Fsp3) is 0.231. The molecule has 1 aliphatic heterocycles. The number of hydrogen-bond donors (Lipinski definition) is 1. The second-order valence-electron chi connectivity index (χ2n) is 12.6. The van der Waals surface area contributed by atoms with E-state index in [0.29, 0.717) is 17.1 Å². The average Bonchev–Trinajstić information content (AvgIpc) is 3.50. The van der Waals surface area contributed by atoms with Gasteiger partial charge in [0.05, 0.1) is 10.6 Å². The summed E-state index contributed by atoms with van der Waals surface area (Å²) in [5.74, 6) is -0.110. The minimum atomic E-state index is -3.53. The van der Waals surface area contributed by atoms with Gasteiger partial charge in [0.25, 0.3) is 0 Å². The largest absolute Gasteiger partial charge is 0.448 e. The van der Waals surface area contributed by atoms with E-state index in [1.54, 1.807) is 31.3 Å². The number of amides is 1. The summed E-state index contributed by atoms with van der Waals surface area (Å²) in [7, 11) is 0.314. The van der Waals surface area contributed by atoms with Gasteiger partial charge in [0, 0.05) is 79.1 Å². The molecule has 49 heavy (non-hydrogen) atoms. The standard InChI is InChI=1S/C39H39N5O4S/c1-42-19-21-44(22-20-42)23-24-48-39(45)43(2)31-16-14-29(15-17-31)34-26-40-38-37(36(34)30-9-5-3-6-10-30)33-25-28(13-18-35(33)41-38)27-49(46,47)32-11-7-4-8-12-32/h3-18,25-26H,19-24,27H2,1-2H3,(H,40,41). The number of likely N-dealkylation sites (N-methyl/N-ethyl adjacent to an activating group) is 1. The van der Waals surface area contributed by atoms with Crippen LogP contribution in [0.25, 0.3) is 44.2 Å². The highest BCUT2D eigenvalue weighted by atomic mass is 32.2. The number of fused-ring (bicyclic) bond motifs is 3. The molecule has 1 amide bonds. The topological polar surface area (TPSA) is 98.8 Å². The number of benzene rings is 4. The van der Waals surface area contributed by atoms with Gasteiger partial charge in [-0.15, -0.1) is 0 Å². The summed E-state index contributed by atoms with van der Waals surface area (Å²) >= 11 is 0. The molecule has 0 bridgehead atoms. The molecule has 0 unspecified atom stereocenters. The molecule has 3 heterocycles. The Hall–Kier alpha value is -5.03. The summed E-state index contributed by atoms with van der Waals surface area (Å²) in [6, 6.07) is 32.2. The first-order chi connectivity index (χ1) is 23.8. The van der Waals surface area contributed by atoms with Gasteiger partial charge in [-0.3, -0.25) is 9.80 Å². The number of carbonyl (C=O) groups is 1. The quantitative estimate of drug-likeness (QED) is 0.179. The Labute approximate surface area is 286 Å². The lowest BCUT2D eigenvalue weighted by atomic mass is 9.92. The Morgan fingerprint density at radius 3 is 2.29 bits per heavy atom. The lowest BCUT2D eigenvalue weighted by Gasteiger charge is -2.32. The van der Waals surface area contributed by atoms with Gasteiger partial charge in [0.2, 0.25) is 0 Å². The van der Waals surface area contributed by atoms with Crippen molar-refractivity contribution >= 4 is 43.6 Å². The monoisotopic (exact) mass is 673 g/mol. The lowest BCUT2D eigenvalue weighted by Crippen LogP contribution is -2.45. The van der Waals surface area contributed by atoms with E-state index in [1.165, 1.54) is 4.90 Å². The maximum absolute atomic E-state index is 13.3. The van der Waals surface area contributed by atoms with E-state index in [2.05, 4.69) is 34.0 Å². The Kier molecular flexibility index (Phi) is 9.18. The van der Waals surface area contributed by atoms with Crippen LogP contribution in [0, 0.1) is 0 Å². The van der Waals surface area contributed by atoms with Crippen molar-refractivity contribution in [2.24, 2.45) is 0 Å². The molecule has 2 aromatic heterocycles. The summed E-state index contributed by atoms with van der Waals surface area (Å²) < 4.78 is 32.1. The SMILES string of the molecule is CN1CCN(CCOC(=O)N(C)c2ccc(-c3cnc4[nH]c5ccc(CS(=O)(=O)c6ccccc6)cc5c4c3-c3ccccc3)cc2)CC1. The molecule has 1 aliphatic rings. The first kappa shape index (κ1) is 32.5. The van der Waals surface area contributed by atoms with Gasteiger partial charge in [0.1, 0.15) is 12.3 Å². The van der Waals surface area contributed by atoms with Crippen molar-refractivity contribution in [3.63, 3.8) is 0 Å². The van der Waals surface area contributed by atoms with Crippen molar-refractivity contribution in [1.82, 2.24) is 19.8 Å². The molecule has 0 aliphatic carbocycles. The van der Waals surface area contributed by atoms with E-state index in [4.69, 9.17) is 9.72 Å². The smallest absolute Gasteiger partial charge is 0.414 e. The lowest BCUT2D eigenvalue weighted by molar-refractivity contribution is 0.108. The number of hydrogen-bond acceptors (Lipinski definition) is 7. The predicted molar refractivity (Wildman–Crippen MR) is 195 cm³/mol. The first-order valence-electron chi connectivity index (χ1n) is 16.5. The number of anilines is 1. The Morgan fingerprint density at radius 1 is 0.878 bits per heavy atom. The summed E-state index contributed by atoms with van der Waals surface area (Å²) in [6.07, 6.45) is 1.48. The Bertz CT molecular complexity index is 2200. The van der Waals surface area contributed by atoms with Gasteiger partial charge in [-0.1, -0.05) is 66.7 Å². The van der Waals surface area contributed by atoms with Crippen molar-refractivity contribution in [3.05, 3.63) is 115 Å². The molecule has 0 radical (unpaired) electrons. The number of nitrogens with zero attached hydrogens (tertiary/aromatic N) is 4. The average molecular weight is 674 g/mol. The van der Waals surface area contributed by atoms with Gasteiger partial charge in [0.15, 0.2) is 9.84 Å². The predicted octanol–water partition coefficient (Wildman–Crippen LogP) is 6.84. The normalized spacial score (nSPS) is 14.3. The highest BCUT2D eigenvalue weighted by Crippen LogP contribution is 2.41. The maximum Gasteiger partial charge on any atom is 0.414 e. The number of piperazine rings is 1. The van der Waals surface area contributed by atoms with E-state index in [1.807, 2.05) is 72.9 Å². The third-order valence-corrected chi connectivity index (χ3v) is 11.0. The molecule has 9 nitrogen and oxygen atoms in total. The van der Waals surface area contributed by atoms with Crippen molar-refractivity contribution < 1.29 is 17.9 Å². The number of rotatable bonds is 9. The van der Waals surface area contributed by atoms with Crippen LogP contribution in [0.2, 0.25) is 0 Å². The van der Waals surface area contributed by atoms with Crippen LogP contribution in [-0.2, 0) is 20.3 Å². The number of aromatic nitrogens is 2. The van der Waals surface area contributed by atoms with Crippen LogP contribution in [0.4, 0.5) is 10.5 Å². The van der Waals surface area contributed by atoms with Crippen molar-refractivity contribution in [2.45, 2.75) is 10.6 Å². The molecule has 7 rings (SSSR count). The molecule has 1 N–H and O–H groups in total. The van der Waals surface area contributed by atoms with Crippen LogP contribution >= 0.6 is 0 Å². The number of H-pyrrole nitrogens is 1. The van der Waals surface area contributed by atoms with Gasteiger partial charge in [-0.2, -0.15) is 0 Å². The maximum atomic E-state index is 13.3. The third kappa shape index (κ3) is 6.94. The van der Waals surface area contributed by atoms with Gasteiger partial charge >= 0.3 is 6.09 Å². The number of aromatic amines is 1. The summed E-state index contributed by atoms with van der Waals surface area (Å²) in [5, 5.41) is 1.82. The Balaban J connectivity index is 1.19. The first-order valence-corrected chi connectivity index (χ1v) is 18.1. The number of carbonyl (C=O) groups excluding carboxylic acids is 1. The third-order valence-electron chi connectivity index (χ3n) is 9.28. The fourth-order valence-electron chi connectivity index (χ4n) is 6.45. The molecular weight excluding hydrogens is 635 g/mol. The van der Waals surface area contributed by atoms with Crippen LogP contribution in [0.15, 0.2) is 114 Å².